The Balaban J connectivity index is 1.56. The summed E-state index contributed by atoms with van der Waals surface area (Å²) >= 11 is 0. The molecule has 3 heteroatoms. The van der Waals surface area contributed by atoms with Crippen LogP contribution in [0.1, 0.15) is 120 Å². The van der Waals surface area contributed by atoms with Gasteiger partial charge in [0.05, 0.1) is 0 Å². The summed E-state index contributed by atoms with van der Waals surface area (Å²) in [5.41, 5.74) is 1.68. The van der Waals surface area contributed by atoms with Crippen molar-refractivity contribution in [2.75, 3.05) is 0 Å². The van der Waals surface area contributed by atoms with Gasteiger partial charge in [0.25, 0.3) is 0 Å². The van der Waals surface area contributed by atoms with Crippen LogP contribution in [0.25, 0.3) is 0 Å². The van der Waals surface area contributed by atoms with Gasteiger partial charge in [0, 0.05) is 13.8 Å². The standard InChI is InChI=1S/C25H40O3/c1-4-5-6-7-8-9-10-11-12-13-14-15-16-18-21-19-17-20-22-23(21)24(26)28-25(2,3)27-22/h17,19-20H,4-16,18H2,1-3H3. The molecule has 0 aliphatic carbocycles. The van der Waals surface area contributed by atoms with E-state index in [-0.39, 0.29) is 5.97 Å². The molecule has 1 aromatic carbocycles. The topological polar surface area (TPSA) is 35.5 Å². The highest BCUT2D eigenvalue weighted by atomic mass is 16.7. The minimum absolute atomic E-state index is 0.253. The number of rotatable bonds is 14. The second kappa shape index (κ2) is 12.1. The number of ether oxygens (including phenoxy) is 2. The molecule has 0 saturated carbocycles. The van der Waals surface area contributed by atoms with E-state index in [0.717, 1.165) is 18.4 Å². The van der Waals surface area contributed by atoms with E-state index in [2.05, 4.69) is 6.92 Å². The van der Waals surface area contributed by atoms with Crippen molar-refractivity contribution in [3.05, 3.63) is 29.3 Å². The maximum Gasteiger partial charge on any atom is 0.345 e. The zero-order chi connectivity index (χ0) is 20.2. The van der Waals surface area contributed by atoms with E-state index in [4.69, 9.17) is 9.47 Å². The molecule has 3 nitrogen and oxygen atoms in total. The highest BCUT2D eigenvalue weighted by Gasteiger charge is 2.35. The molecule has 0 amide bonds. The lowest BCUT2D eigenvalue weighted by Gasteiger charge is -2.32. The highest BCUT2D eigenvalue weighted by molar-refractivity contribution is 5.95. The van der Waals surface area contributed by atoms with Gasteiger partial charge < -0.3 is 9.47 Å². The summed E-state index contributed by atoms with van der Waals surface area (Å²) in [6.07, 6.45) is 18.5. The Morgan fingerprint density at radius 2 is 1.29 bits per heavy atom. The first kappa shape index (κ1) is 22.8. The molecule has 28 heavy (non-hydrogen) atoms. The molecule has 1 aliphatic heterocycles. The molecule has 1 heterocycles. The fourth-order valence-corrected chi connectivity index (χ4v) is 3.99. The van der Waals surface area contributed by atoms with E-state index in [1.54, 1.807) is 13.8 Å². The second-order valence-electron chi connectivity index (χ2n) is 8.67. The third-order valence-electron chi connectivity index (χ3n) is 5.56. The predicted octanol–water partition coefficient (Wildman–Crippen LogP) is 7.61. The molecule has 1 aliphatic rings. The van der Waals surface area contributed by atoms with Gasteiger partial charge in [-0.25, -0.2) is 4.79 Å². The number of carbonyl (C=O) groups is 1. The Morgan fingerprint density at radius 3 is 1.86 bits per heavy atom. The Morgan fingerprint density at radius 1 is 0.750 bits per heavy atom. The van der Waals surface area contributed by atoms with Crippen molar-refractivity contribution in [1.82, 2.24) is 0 Å². The van der Waals surface area contributed by atoms with Crippen molar-refractivity contribution in [2.45, 2.75) is 116 Å². The van der Waals surface area contributed by atoms with Gasteiger partial charge in [-0.3, -0.25) is 0 Å². The predicted molar refractivity (Wildman–Crippen MR) is 116 cm³/mol. The third kappa shape index (κ3) is 7.85. The summed E-state index contributed by atoms with van der Waals surface area (Å²) in [5.74, 6) is -0.469. The van der Waals surface area contributed by atoms with Crippen LogP contribution in [0.3, 0.4) is 0 Å². The van der Waals surface area contributed by atoms with Crippen molar-refractivity contribution in [2.24, 2.45) is 0 Å². The summed E-state index contributed by atoms with van der Waals surface area (Å²) in [4.78, 5) is 12.4. The van der Waals surface area contributed by atoms with E-state index < -0.39 is 5.79 Å². The summed E-state index contributed by atoms with van der Waals surface area (Å²) < 4.78 is 11.2. The van der Waals surface area contributed by atoms with Crippen LogP contribution in [0.4, 0.5) is 0 Å². The van der Waals surface area contributed by atoms with Gasteiger partial charge in [0.2, 0.25) is 5.79 Å². The van der Waals surface area contributed by atoms with Gasteiger partial charge in [0.1, 0.15) is 11.3 Å². The fraction of sp³-hybridized carbons (Fsp3) is 0.720. The molecule has 0 bridgehead atoms. The van der Waals surface area contributed by atoms with Crippen LogP contribution in [-0.4, -0.2) is 11.8 Å². The van der Waals surface area contributed by atoms with Gasteiger partial charge in [-0.2, -0.15) is 0 Å². The molecule has 0 aromatic heterocycles. The zero-order valence-electron chi connectivity index (χ0n) is 18.4. The Hall–Kier alpha value is -1.51. The monoisotopic (exact) mass is 388 g/mol. The zero-order valence-corrected chi connectivity index (χ0v) is 18.4. The summed E-state index contributed by atoms with van der Waals surface area (Å²) in [6.45, 7) is 5.82. The smallest absolute Gasteiger partial charge is 0.345 e. The van der Waals surface area contributed by atoms with Crippen LogP contribution in [-0.2, 0) is 11.2 Å². The van der Waals surface area contributed by atoms with Gasteiger partial charge >= 0.3 is 5.97 Å². The van der Waals surface area contributed by atoms with Gasteiger partial charge in [-0.1, -0.05) is 96.1 Å². The molecule has 2 rings (SSSR count). The number of unbranched alkanes of at least 4 members (excludes halogenated alkanes) is 12. The van der Waals surface area contributed by atoms with Crippen molar-refractivity contribution in [3.63, 3.8) is 0 Å². The van der Waals surface area contributed by atoms with Crippen LogP contribution in [0.5, 0.6) is 5.75 Å². The number of hydrogen-bond acceptors (Lipinski definition) is 3. The molecular formula is C25H40O3. The molecule has 0 radical (unpaired) electrons. The van der Waals surface area contributed by atoms with Crippen molar-refractivity contribution >= 4 is 5.97 Å². The van der Waals surface area contributed by atoms with Crippen LogP contribution in [0.15, 0.2) is 18.2 Å². The number of hydrogen-bond donors (Lipinski definition) is 0. The molecule has 158 valence electrons. The molecule has 0 spiro atoms. The molecule has 0 atom stereocenters. The number of aryl methyl sites for hydroxylation is 1. The average molecular weight is 389 g/mol. The molecular weight excluding hydrogens is 348 g/mol. The van der Waals surface area contributed by atoms with Crippen molar-refractivity contribution < 1.29 is 14.3 Å². The van der Waals surface area contributed by atoms with Crippen molar-refractivity contribution in [1.29, 1.82) is 0 Å². The minimum atomic E-state index is -0.877. The van der Waals surface area contributed by atoms with E-state index in [1.807, 2.05) is 18.2 Å². The quantitative estimate of drug-likeness (QED) is 0.243. The number of fused-ring (bicyclic) bond motifs is 1. The highest BCUT2D eigenvalue weighted by Crippen LogP contribution is 2.33. The van der Waals surface area contributed by atoms with Gasteiger partial charge in [-0.15, -0.1) is 0 Å². The largest absolute Gasteiger partial charge is 0.452 e. The first-order chi connectivity index (χ1) is 13.5. The summed E-state index contributed by atoms with van der Waals surface area (Å²) in [7, 11) is 0. The lowest BCUT2D eigenvalue weighted by Crippen LogP contribution is -2.39. The maximum atomic E-state index is 12.4. The number of esters is 1. The lowest BCUT2D eigenvalue weighted by molar-refractivity contribution is -0.127. The van der Waals surface area contributed by atoms with Gasteiger partial charge in [0.15, 0.2) is 0 Å². The molecule has 0 fully saturated rings. The van der Waals surface area contributed by atoms with E-state index in [9.17, 15) is 4.79 Å². The minimum Gasteiger partial charge on any atom is -0.452 e. The van der Waals surface area contributed by atoms with Crippen LogP contribution >= 0.6 is 0 Å². The Labute approximate surface area is 172 Å². The lowest BCUT2D eigenvalue weighted by atomic mass is 9.98. The molecule has 0 saturated heterocycles. The summed E-state index contributed by atoms with van der Waals surface area (Å²) in [5, 5.41) is 0. The van der Waals surface area contributed by atoms with Crippen molar-refractivity contribution in [3.8, 4) is 5.75 Å². The maximum absolute atomic E-state index is 12.4. The van der Waals surface area contributed by atoms with Crippen LogP contribution in [0, 0.1) is 0 Å². The molecule has 1 aromatic rings. The second-order valence-corrected chi connectivity index (χ2v) is 8.67. The number of cyclic esters (lactones) is 1. The van der Waals surface area contributed by atoms with Gasteiger partial charge in [-0.05, 0) is 24.5 Å². The van der Waals surface area contributed by atoms with Crippen LogP contribution in [0.2, 0.25) is 0 Å². The normalized spacial score (nSPS) is 15.0. The Bertz CT molecular complexity index is 591. The first-order valence-electron chi connectivity index (χ1n) is 11.6. The first-order valence-corrected chi connectivity index (χ1v) is 11.6. The Kier molecular flexibility index (Phi) is 9.87. The molecule has 0 N–H and O–H groups in total. The van der Waals surface area contributed by atoms with Crippen LogP contribution < -0.4 is 4.74 Å². The van der Waals surface area contributed by atoms with E-state index in [1.165, 1.54) is 77.0 Å². The summed E-state index contributed by atoms with van der Waals surface area (Å²) in [6, 6.07) is 5.87. The fourth-order valence-electron chi connectivity index (χ4n) is 3.99. The average Bonchev–Trinajstić information content (AvgIpc) is 2.64. The van der Waals surface area contributed by atoms with E-state index in [0.29, 0.717) is 11.3 Å². The SMILES string of the molecule is CCCCCCCCCCCCCCCc1cccc2c1C(=O)OC(C)(C)O2. The molecule has 0 unspecified atom stereocenters. The third-order valence-corrected chi connectivity index (χ3v) is 5.56. The number of carbonyl (C=O) groups excluding carboxylic acids is 1. The number of benzene rings is 1. The van der Waals surface area contributed by atoms with E-state index >= 15 is 0 Å².